The largest absolute Gasteiger partial charge is 0.370 e. The summed E-state index contributed by atoms with van der Waals surface area (Å²) in [6.07, 6.45) is 2.63. The number of hydrogen-bond donors (Lipinski definition) is 0. The lowest BCUT2D eigenvalue weighted by Crippen LogP contribution is -1.93. The maximum absolute atomic E-state index is 5.67. The zero-order valence-electron chi connectivity index (χ0n) is 9.63. The van der Waals surface area contributed by atoms with Gasteiger partial charge < -0.3 is 4.74 Å². The van der Waals surface area contributed by atoms with Gasteiger partial charge in [-0.2, -0.15) is 0 Å². The summed E-state index contributed by atoms with van der Waals surface area (Å²) in [6.45, 7) is 1.30. The summed E-state index contributed by atoms with van der Waals surface area (Å²) in [5.41, 5.74) is 2.49. The molecule has 2 nitrogen and oxygen atoms in total. The van der Waals surface area contributed by atoms with Gasteiger partial charge >= 0.3 is 0 Å². The molecule has 0 amide bonds. The lowest BCUT2D eigenvalue weighted by atomic mass is 10.2. The number of nitrogens with zero attached hydrogens (tertiary/aromatic N) is 1. The highest BCUT2D eigenvalue weighted by molar-refractivity contribution is 7.09. The van der Waals surface area contributed by atoms with Gasteiger partial charge in [-0.15, -0.1) is 11.3 Å². The standard InChI is InChI=1S/C14H15NOS/c1-2-4-11(5-3-1)8-16-9-14-15-13(10-17-14)12-6-7-12/h1-5,10,12H,6-9H2. The monoisotopic (exact) mass is 245 g/mol. The van der Waals surface area contributed by atoms with Crippen molar-refractivity contribution in [2.75, 3.05) is 0 Å². The molecule has 1 aliphatic rings. The summed E-state index contributed by atoms with van der Waals surface area (Å²) < 4.78 is 5.67. The number of thiazole rings is 1. The van der Waals surface area contributed by atoms with Crippen LogP contribution in [0.15, 0.2) is 35.7 Å². The SMILES string of the molecule is c1ccc(COCc2nc(C3CC3)cs2)cc1. The van der Waals surface area contributed by atoms with Gasteiger partial charge in [0.1, 0.15) is 5.01 Å². The van der Waals surface area contributed by atoms with Crippen LogP contribution in [-0.2, 0) is 18.0 Å². The normalized spacial score (nSPS) is 15.1. The molecule has 88 valence electrons. The van der Waals surface area contributed by atoms with E-state index in [1.54, 1.807) is 11.3 Å². The van der Waals surface area contributed by atoms with Crippen LogP contribution in [0.1, 0.15) is 35.0 Å². The van der Waals surface area contributed by atoms with Crippen LogP contribution >= 0.6 is 11.3 Å². The molecule has 0 aliphatic heterocycles. The molecule has 0 bridgehead atoms. The van der Waals surface area contributed by atoms with E-state index in [0.29, 0.717) is 13.2 Å². The van der Waals surface area contributed by atoms with E-state index in [9.17, 15) is 0 Å². The summed E-state index contributed by atoms with van der Waals surface area (Å²) in [4.78, 5) is 4.60. The minimum Gasteiger partial charge on any atom is -0.370 e. The molecule has 0 radical (unpaired) electrons. The maximum atomic E-state index is 5.67. The second-order valence-electron chi connectivity index (χ2n) is 4.42. The van der Waals surface area contributed by atoms with Crippen molar-refractivity contribution in [1.29, 1.82) is 0 Å². The van der Waals surface area contributed by atoms with E-state index in [0.717, 1.165) is 10.9 Å². The van der Waals surface area contributed by atoms with Crippen molar-refractivity contribution >= 4 is 11.3 Å². The Labute approximate surface area is 105 Å². The number of benzene rings is 1. The molecule has 1 heterocycles. The van der Waals surface area contributed by atoms with E-state index in [1.807, 2.05) is 18.2 Å². The molecule has 2 aromatic rings. The number of aromatic nitrogens is 1. The Morgan fingerprint density at radius 3 is 2.76 bits per heavy atom. The summed E-state index contributed by atoms with van der Waals surface area (Å²) >= 11 is 1.72. The lowest BCUT2D eigenvalue weighted by Gasteiger charge is -2.01. The molecule has 0 spiro atoms. The van der Waals surface area contributed by atoms with Crippen LogP contribution in [0.3, 0.4) is 0 Å². The molecule has 17 heavy (non-hydrogen) atoms. The number of rotatable bonds is 5. The second-order valence-corrected chi connectivity index (χ2v) is 5.36. The molecule has 0 N–H and O–H groups in total. The van der Waals surface area contributed by atoms with Gasteiger partial charge in [-0.1, -0.05) is 30.3 Å². The van der Waals surface area contributed by atoms with Crippen LogP contribution in [0.2, 0.25) is 0 Å². The molecule has 0 saturated heterocycles. The third-order valence-electron chi connectivity index (χ3n) is 2.90. The Hall–Kier alpha value is -1.19. The molecule has 1 aliphatic carbocycles. The van der Waals surface area contributed by atoms with E-state index >= 15 is 0 Å². The van der Waals surface area contributed by atoms with Gasteiger partial charge in [0.15, 0.2) is 0 Å². The first-order valence-corrected chi connectivity index (χ1v) is 6.86. The van der Waals surface area contributed by atoms with Gasteiger partial charge in [0.05, 0.1) is 18.9 Å². The Kier molecular flexibility index (Phi) is 3.20. The number of ether oxygens (including phenoxy) is 1. The molecule has 1 aromatic carbocycles. The molecule has 1 aromatic heterocycles. The van der Waals surface area contributed by atoms with Gasteiger partial charge in [-0.05, 0) is 18.4 Å². The first-order chi connectivity index (χ1) is 8.42. The highest BCUT2D eigenvalue weighted by atomic mass is 32.1. The van der Waals surface area contributed by atoms with E-state index in [4.69, 9.17) is 4.74 Å². The Bertz CT molecular complexity index is 476. The zero-order valence-corrected chi connectivity index (χ0v) is 10.5. The second kappa shape index (κ2) is 4.98. The Balaban J connectivity index is 1.50. The average molecular weight is 245 g/mol. The molecule has 1 saturated carbocycles. The maximum Gasteiger partial charge on any atom is 0.119 e. The van der Waals surface area contributed by atoms with Crippen molar-refractivity contribution in [3.05, 3.63) is 52.0 Å². The van der Waals surface area contributed by atoms with E-state index in [-0.39, 0.29) is 0 Å². The van der Waals surface area contributed by atoms with Crippen LogP contribution in [0, 0.1) is 0 Å². The molecule has 3 heteroatoms. The van der Waals surface area contributed by atoms with Crippen LogP contribution in [0.25, 0.3) is 0 Å². The summed E-state index contributed by atoms with van der Waals surface area (Å²) in [5, 5.41) is 3.28. The molecule has 0 atom stereocenters. The molecule has 0 unspecified atom stereocenters. The van der Waals surface area contributed by atoms with Crippen molar-refractivity contribution in [3.63, 3.8) is 0 Å². The fraction of sp³-hybridized carbons (Fsp3) is 0.357. The number of hydrogen-bond acceptors (Lipinski definition) is 3. The van der Waals surface area contributed by atoms with E-state index in [2.05, 4.69) is 22.5 Å². The third kappa shape index (κ3) is 2.93. The van der Waals surface area contributed by atoms with Crippen LogP contribution < -0.4 is 0 Å². The van der Waals surface area contributed by atoms with Gasteiger partial charge in [0.2, 0.25) is 0 Å². The van der Waals surface area contributed by atoms with Gasteiger partial charge in [-0.3, -0.25) is 0 Å². The minimum absolute atomic E-state index is 0.631. The topological polar surface area (TPSA) is 22.1 Å². The highest BCUT2D eigenvalue weighted by Gasteiger charge is 2.25. The predicted octanol–water partition coefficient (Wildman–Crippen LogP) is 3.74. The lowest BCUT2D eigenvalue weighted by molar-refractivity contribution is 0.107. The first kappa shape index (κ1) is 10.9. The first-order valence-electron chi connectivity index (χ1n) is 5.98. The Morgan fingerprint density at radius 2 is 2.00 bits per heavy atom. The molecular weight excluding hydrogens is 230 g/mol. The smallest absolute Gasteiger partial charge is 0.119 e. The quantitative estimate of drug-likeness (QED) is 0.800. The molecule has 1 fully saturated rings. The van der Waals surface area contributed by atoms with Crippen molar-refractivity contribution in [1.82, 2.24) is 4.98 Å². The van der Waals surface area contributed by atoms with Crippen molar-refractivity contribution in [3.8, 4) is 0 Å². The molecule has 3 rings (SSSR count). The van der Waals surface area contributed by atoms with Crippen molar-refractivity contribution < 1.29 is 4.74 Å². The van der Waals surface area contributed by atoms with Crippen LogP contribution in [-0.4, -0.2) is 4.98 Å². The summed E-state index contributed by atoms with van der Waals surface area (Å²) in [5.74, 6) is 0.745. The third-order valence-corrected chi connectivity index (χ3v) is 3.74. The highest BCUT2D eigenvalue weighted by Crippen LogP contribution is 2.40. The van der Waals surface area contributed by atoms with Crippen LogP contribution in [0.4, 0.5) is 0 Å². The molecular formula is C14H15NOS. The average Bonchev–Trinajstić information content (AvgIpc) is 3.11. The zero-order chi connectivity index (χ0) is 11.5. The summed E-state index contributed by atoms with van der Waals surface area (Å²) in [7, 11) is 0. The summed E-state index contributed by atoms with van der Waals surface area (Å²) in [6, 6.07) is 10.3. The van der Waals surface area contributed by atoms with Crippen molar-refractivity contribution in [2.45, 2.75) is 32.0 Å². The van der Waals surface area contributed by atoms with Crippen LogP contribution in [0.5, 0.6) is 0 Å². The minimum atomic E-state index is 0.631. The fourth-order valence-corrected chi connectivity index (χ4v) is 2.60. The van der Waals surface area contributed by atoms with Gasteiger partial charge in [-0.25, -0.2) is 4.98 Å². The Morgan fingerprint density at radius 1 is 1.18 bits per heavy atom. The van der Waals surface area contributed by atoms with Crippen molar-refractivity contribution in [2.24, 2.45) is 0 Å². The van der Waals surface area contributed by atoms with Gasteiger partial charge in [0.25, 0.3) is 0 Å². The van der Waals surface area contributed by atoms with E-state index < -0.39 is 0 Å². The van der Waals surface area contributed by atoms with E-state index in [1.165, 1.54) is 24.1 Å². The predicted molar refractivity (Wildman–Crippen MR) is 69.0 cm³/mol. The fourth-order valence-electron chi connectivity index (χ4n) is 1.79. The van der Waals surface area contributed by atoms with Gasteiger partial charge in [0, 0.05) is 11.3 Å².